The maximum absolute atomic E-state index is 13.0. The van der Waals surface area contributed by atoms with E-state index >= 15 is 0 Å². The zero-order valence-electron chi connectivity index (χ0n) is 12.0. The molecule has 1 aliphatic rings. The van der Waals surface area contributed by atoms with Crippen molar-refractivity contribution in [1.82, 2.24) is 0 Å². The summed E-state index contributed by atoms with van der Waals surface area (Å²) in [4.78, 5) is 13.9. The third kappa shape index (κ3) is 3.91. The Morgan fingerprint density at radius 1 is 1.33 bits per heavy atom. The zero-order valence-corrected chi connectivity index (χ0v) is 12.8. The molecule has 0 N–H and O–H groups in total. The quantitative estimate of drug-likeness (QED) is 0.858. The second-order valence-electron chi connectivity index (χ2n) is 5.56. The van der Waals surface area contributed by atoms with Crippen LogP contribution in [0.4, 0.5) is 10.1 Å². The molecule has 2 rings (SSSR count). The number of carbonyl (C=O) groups is 1. The van der Waals surface area contributed by atoms with Gasteiger partial charge in [-0.2, -0.15) is 0 Å². The summed E-state index contributed by atoms with van der Waals surface area (Å²) in [5.74, 6) is -0.538. The summed E-state index contributed by atoms with van der Waals surface area (Å²) in [6.45, 7) is 3.84. The monoisotopic (exact) mass is 311 g/mol. The summed E-state index contributed by atoms with van der Waals surface area (Å²) >= 11 is 0. The number of amides is 1. The Morgan fingerprint density at radius 2 is 1.95 bits per heavy atom. The molecule has 1 aromatic carbocycles. The van der Waals surface area contributed by atoms with Gasteiger partial charge in [0.2, 0.25) is 5.91 Å². The standard InChI is InChI=1S/C15H18FNO3S/c1-11(2)9-15(18)17(13-5-3-12(16)4-6-13)14-7-8-21(19,20)10-14/h3-8,11,14H,9-10H2,1-2H3/t14-/m1/s1. The predicted octanol–water partition coefficient (Wildman–Crippen LogP) is 2.52. The van der Waals surface area contributed by atoms with Gasteiger partial charge >= 0.3 is 0 Å². The molecule has 0 saturated heterocycles. The van der Waals surface area contributed by atoms with Crippen LogP contribution < -0.4 is 4.90 Å². The van der Waals surface area contributed by atoms with E-state index < -0.39 is 21.7 Å². The van der Waals surface area contributed by atoms with E-state index in [-0.39, 0.29) is 17.6 Å². The van der Waals surface area contributed by atoms with Crippen LogP contribution in [0.3, 0.4) is 0 Å². The van der Waals surface area contributed by atoms with E-state index in [0.717, 1.165) is 5.41 Å². The Kier molecular flexibility index (Phi) is 4.46. The molecule has 1 aliphatic heterocycles. The number of sulfone groups is 1. The molecule has 1 heterocycles. The van der Waals surface area contributed by atoms with E-state index in [1.165, 1.54) is 35.2 Å². The van der Waals surface area contributed by atoms with Crippen LogP contribution in [0.2, 0.25) is 0 Å². The van der Waals surface area contributed by atoms with Gasteiger partial charge < -0.3 is 4.90 Å². The molecule has 0 aliphatic carbocycles. The number of carbonyl (C=O) groups excluding carboxylic acids is 1. The lowest BCUT2D eigenvalue weighted by molar-refractivity contribution is -0.119. The first-order valence-corrected chi connectivity index (χ1v) is 8.48. The van der Waals surface area contributed by atoms with Crippen molar-refractivity contribution in [1.29, 1.82) is 0 Å². The minimum atomic E-state index is -3.27. The first-order valence-electron chi connectivity index (χ1n) is 6.77. The molecule has 4 nitrogen and oxygen atoms in total. The molecule has 0 saturated carbocycles. The number of rotatable bonds is 4. The van der Waals surface area contributed by atoms with Crippen LogP contribution in [0, 0.1) is 11.7 Å². The second-order valence-corrected chi connectivity index (χ2v) is 7.49. The number of benzene rings is 1. The zero-order chi connectivity index (χ0) is 15.6. The molecule has 0 bridgehead atoms. The van der Waals surface area contributed by atoms with E-state index in [4.69, 9.17) is 0 Å². The molecule has 0 unspecified atom stereocenters. The van der Waals surface area contributed by atoms with Crippen LogP contribution in [0.15, 0.2) is 35.7 Å². The highest BCUT2D eigenvalue weighted by Gasteiger charge is 2.31. The van der Waals surface area contributed by atoms with Gasteiger partial charge in [-0.05, 0) is 36.3 Å². The van der Waals surface area contributed by atoms with E-state index in [1.807, 2.05) is 13.8 Å². The molecule has 6 heteroatoms. The van der Waals surface area contributed by atoms with Gasteiger partial charge in [-0.25, -0.2) is 12.8 Å². The molecule has 21 heavy (non-hydrogen) atoms. The van der Waals surface area contributed by atoms with Crippen LogP contribution in [0.25, 0.3) is 0 Å². The van der Waals surface area contributed by atoms with Crippen LogP contribution in [0.5, 0.6) is 0 Å². The van der Waals surface area contributed by atoms with Gasteiger partial charge in [-0.15, -0.1) is 0 Å². The van der Waals surface area contributed by atoms with Crippen LogP contribution in [0.1, 0.15) is 20.3 Å². The van der Waals surface area contributed by atoms with Crippen LogP contribution in [-0.4, -0.2) is 26.1 Å². The van der Waals surface area contributed by atoms with E-state index in [9.17, 15) is 17.6 Å². The summed E-state index contributed by atoms with van der Waals surface area (Å²) in [5, 5.41) is 1.14. The highest BCUT2D eigenvalue weighted by molar-refractivity contribution is 7.94. The van der Waals surface area contributed by atoms with Gasteiger partial charge in [-0.1, -0.05) is 13.8 Å². The number of halogens is 1. The third-order valence-electron chi connectivity index (χ3n) is 3.20. The lowest BCUT2D eigenvalue weighted by Crippen LogP contribution is -2.41. The van der Waals surface area contributed by atoms with Crippen molar-refractivity contribution in [2.75, 3.05) is 10.7 Å². The SMILES string of the molecule is CC(C)CC(=O)N(c1ccc(F)cc1)[C@@H]1C=CS(=O)(=O)C1. The fraction of sp³-hybridized carbons (Fsp3) is 0.400. The maximum atomic E-state index is 13.0. The third-order valence-corrected chi connectivity index (χ3v) is 4.58. The second kappa shape index (κ2) is 5.97. The smallest absolute Gasteiger partial charge is 0.227 e. The average molecular weight is 311 g/mol. The van der Waals surface area contributed by atoms with E-state index in [2.05, 4.69) is 0 Å². The van der Waals surface area contributed by atoms with Crippen LogP contribution in [-0.2, 0) is 14.6 Å². The van der Waals surface area contributed by atoms with Gasteiger partial charge in [0.05, 0.1) is 11.8 Å². The van der Waals surface area contributed by atoms with Crippen molar-refractivity contribution < 1.29 is 17.6 Å². The average Bonchev–Trinajstić information content (AvgIpc) is 2.71. The Bertz CT molecular complexity index is 650. The van der Waals surface area contributed by atoms with E-state index in [0.29, 0.717) is 12.1 Å². The number of nitrogens with zero attached hydrogens (tertiary/aromatic N) is 1. The maximum Gasteiger partial charge on any atom is 0.227 e. The summed E-state index contributed by atoms with van der Waals surface area (Å²) in [6.07, 6.45) is 1.82. The topological polar surface area (TPSA) is 54.5 Å². The van der Waals surface area contributed by atoms with Gasteiger partial charge in [-0.3, -0.25) is 4.79 Å². The lowest BCUT2D eigenvalue weighted by Gasteiger charge is -2.28. The minimum absolute atomic E-state index is 0.131. The summed E-state index contributed by atoms with van der Waals surface area (Å²) in [7, 11) is -3.27. The van der Waals surface area contributed by atoms with Crippen molar-refractivity contribution in [2.24, 2.45) is 5.92 Å². The Hall–Kier alpha value is -1.69. The summed E-state index contributed by atoms with van der Waals surface area (Å²) in [6, 6.07) is 4.97. The van der Waals surface area contributed by atoms with Crippen molar-refractivity contribution in [3.8, 4) is 0 Å². The van der Waals surface area contributed by atoms with Crippen molar-refractivity contribution in [2.45, 2.75) is 26.3 Å². The molecule has 0 fully saturated rings. The fourth-order valence-corrected chi connectivity index (χ4v) is 3.56. The minimum Gasteiger partial charge on any atom is -0.304 e. The van der Waals surface area contributed by atoms with Gasteiger partial charge in [0.1, 0.15) is 5.82 Å². The number of hydrogen-bond donors (Lipinski definition) is 0. The van der Waals surface area contributed by atoms with Crippen molar-refractivity contribution in [3.05, 3.63) is 41.6 Å². The van der Waals surface area contributed by atoms with Crippen LogP contribution >= 0.6 is 0 Å². The number of anilines is 1. The molecule has 1 aromatic rings. The molecule has 0 radical (unpaired) electrons. The molecular formula is C15H18FNO3S. The largest absolute Gasteiger partial charge is 0.304 e. The highest BCUT2D eigenvalue weighted by Crippen LogP contribution is 2.24. The van der Waals surface area contributed by atoms with Crippen molar-refractivity contribution in [3.63, 3.8) is 0 Å². The van der Waals surface area contributed by atoms with E-state index in [1.54, 1.807) is 0 Å². The molecular weight excluding hydrogens is 293 g/mol. The molecule has 0 spiro atoms. The molecule has 1 atom stereocenters. The fourth-order valence-electron chi connectivity index (χ4n) is 2.29. The van der Waals surface area contributed by atoms with Gasteiger partial charge in [0.25, 0.3) is 0 Å². The summed E-state index contributed by atoms with van der Waals surface area (Å²) < 4.78 is 36.2. The number of hydrogen-bond acceptors (Lipinski definition) is 3. The molecule has 0 aromatic heterocycles. The first kappa shape index (κ1) is 15.7. The predicted molar refractivity (Wildman–Crippen MR) is 80.1 cm³/mol. The Labute approximate surface area is 124 Å². The summed E-state index contributed by atoms with van der Waals surface area (Å²) in [5.41, 5.74) is 0.508. The lowest BCUT2D eigenvalue weighted by atomic mass is 10.1. The normalized spacial score (nSPS) is 19.9. The Balaban J connectivity index is 2.33. The molecule has 114 valence electrons. The molecule has 1 amide bonds. The van der Waals surface area contributed by atoms with Gasteiger partial charge in [0, 0.05) is 17.5 Å². The first-order chi connectivity index (χ1) is 9.78. The van der Waals surface area contributed by atoms with Crippen molar-refractivity contribution >= 4 is 21.4 Å². The highest BCUT2D eigenvalue weighted by atomic mass is 32.2. The van der Waals surface area contributed by atoms with Gasteiger partial charge in [0.15, 0.2) is 9.84 Å². The Morgan fingerprint density at radius 3 is 2.43 bits per heavy atom.